The highest BCUT2D eigenvalue weighted by atomic mass is 16.5. The molecule has 1 atom stereocenters. The first-order valence-corrected chi connectivity index (χ1v) is 4.74. The lowest BCUT2D eigenvalue weighted by Crippen LogP contribution is -2.02. The van der Waals surface area contributed by atoms with Crippen molar-refractivity contribution < 1.29 is 9.53 Å². The first-order valence-electron chi connectivity index (χ1n) is 4.74. The third kappa shape index (κ3) is 2.81. The number of benzene rings is 1. The molecular formula is C12H13NO2. The topological polar surface area (TPSA) is 50.1 Å². The summed E-state index contributed by atoms with van der Waals surface area (Å²) in [4.78, 5) is 11.3. The smallest absolute Gasteiger partial charge is 0.337 e. The molecule has 0 bridgehead atoms. The molecular weight excluding hydrogens is 190 g/mol. The lowest BCUT2D eigenvalue weighted by molar-refractivity contribution is 0.0600. The molecule has 0 saturated carbocycles. The molecule has 0 spiro atoms. The molecule has 0 N–H and O–H groups in total. The molecule has 0 aliphatic rings. The van der Waals surface area contributed by atoms with E-state index in [0.29, 0.717) is 12.0 Å². The first kappa shape index (κ1) is 11.3. The number of carbonyl (C=O) groups is 1. The maximum absolute atomic E-state index is 11.3. The van der Waals surface area contributed by atoms with E-state index in [1.54, 1.807) is 18.2 Å². The van der Waals surface area contributed by atoms with Crippen LogP contribution in [0.1, 0.15) is 35.2 Å². The summed E-state index contributed by atoms with van der Waals surface area (Å²) in [7, 11) is 1.35. The van der Waals surface area contributed by atoms with Crippen molar-refractivity contribution in [2.75, 3.05) is 7.11 Å². The summed E-state index contributed by atoms with van der Waals surface area (Å²) in [6.07, 6.45) is 0.449. The standard InChI is InChI=1S/C12H13NO2/c1-9(6-7-13)10-4-3-5-11(8-10)12(14)15-2/h3-5,8-9H,6H2,1-2H3. The van der Waals surface area contributed by atoms with Crippen LogP contribution < -0.4 is 0 Å². The van der Waals surface area contributed by atoms with Gasteiger partial charge in [0.05, 0.1) is 18.7 Å². The van der Waals surface area contributed by atoms with Gasteiger partial charge in [-0.15, -0.1) is 0 Å². The van der Waals surface area contributed by atoms with E-state index < -0.39 is 0 Å². The van der Waals surface area contributed by atoms with E-state index in [-0.39, 0.29) is 11.9 Å². The monoisotopic (exact) mass is 203 g/mol. The van der Waals surface area contributed by atoms with Gasteiger partial charge in [0.2, 0.25) is 0 Å². The van der Waals surface area contributed by atoms with E-state index in [1.165, 1.54) is 7.11 Å². The molecule has 0 aliphatic carbocycles. The second-order valence-electron chi connectivity index (χ2n) is 3.38. The van der Waals surface area contributed by atoms with E-state index >= 15 is 0 Å². The second kappa shape index (κ2) is 5.16. The third-order valence-corrected chi connectivity index (χ3v) is 2.27. The average molecular weight is 203 g/mol. The van der Waals surface area contributed by atoms with E-state index in [0.717, 1.165) is 5.56 Å². The van der Waals surface area contributed by atoms with Crippen molar-refractivity contribution in [3.05, 3.63) is 35.4 Å². The van der Waals surface area contributed by atoms with Crippen LogP contribution in [-0.2, 0) is 4.74 Å². The summed E-state index contributed by atoms with van der Waals surface area (Å²) in [6.45, 7) is 1.96. The zero-order valence-electron chi connectivity index (χ0n) is 8.86. The molecule has 0 heterocycles. The molecule has 0 aromatic heterocycles. The Morgan fingerprint density at radius 2 is 2.33 bits per heavy atom. The normalized spacial score (nSPS) is 11.5. The highest BCUT2D eigenvalue weighted by Gasteiger charge is 2.09. The number of hydrogen-bond acceptors (Lipinski definition) is 3. The Morgan fingerprint density at radius 3 is 2.93 bits per heavy atom. The SMILES string of the molecule is COC(=O)c1cccc(C(C)CC#N)c1. The Balaban J connectivity index is 2.93. The number of nitriles is 1. The zero-order chi connectivity index (χ0) is 11.3. The molecule has 1 aromatic rings. The third-order valence-electron chi connectivity index (χ3n) is 2.27. The molecule has 0 aliphatic heterocycles. The van der Waals surface area contributed by atoms with Crippen LogP contribution in [0.25, 0.3) is 0 Å². The van der Waals surface area contributed by atoms with Gasteiger partial charge < -0.3 is 4.74 Å². The maximum Gasteiger partial charge on any atom is 0.337 e. The predicted molar refractivity (Wildman–Crippen MR) is 56.4 cm³/mol. The van der Waals surface area contributed by atoms with Crippen LogP contribution in [0.2, 0.25) is 0 Å². The van der Waals surface area contributed by atoms with Gasteiger partial charge in [0.25, 0.3) is 0 Å². The molecule has 0 radical (unpaired) electrons. The quantitative estimate of drug-likeness (QED) is 0.709. The first-order chi connectivity index (χ1) is 7.19. The molecule has 0 amide bonds. The molecule has 1 aromatic carbocycles. The van der Waals surface area contributed by atoms with Crippen LogP contribution in [0.4, 0.5) is 0 Å². The number of carbonyl (C=O) groups excluding carboxylic acids is 1. The van der Waals surface area contributed by atoms with Crippen LogP contribution in [0, 0.1) is 11.3 Å². The predicted octanol–water partition coefficient (Wildman–Crippen LogP) is 2.49. The average Bonchev–Trinajstić information content (AvgIpc) is 2.28. The Labute approximate surface area is 89.3 Å². The minimum absolute atomic E-state index is 0.139. The highest BCUT2D eigenvalue weighted by Crippen LogP contribution is 2.19. The van der Waals surface area contributed by atoms with Gasteiger partial charge in [0.1, 0.15) is 0 Å². The van der Waals surface area contributed by atoms with Crippen molar-refractivity contribution in [3.8, 4) is 6.07 Å². The van der Waals surface area contributed by atoms with E-state index in [4.69, 9.17) is 5.26 Å². The molecule has 1 unspecified atom stereocenters. The fraction of sp³-hybridized carbons (Fsp3) is 0.333. The Hall–Kier alpha value is -1.82. The van der Waals surface area contributed by atoms with Gasteiger partial charge in [-0.25, -0.2) is 4.79 Å². The van der Waals surface area contributed by atoms with Gasteiger partial charge in [-0.1, -0.05) is 19.1 Å². The molecule has 0 saturated heterocycles. The van der Waals surface area contributed by atoms with Crippen molar-refractivity contribution in [2.24, 2.45) is 0 Å². The summed E-state index contributed by atoms with van der Waals surface area (Å²) in [5, 5.41) is 8.58. The van der Waals surface area contributed by atoms with Gasteiger partial charge in [-0.05, 0) is 23.6 Å². The number of nitrogens with zero attached hydrogens (tertiary/aromatic N) is 1. The number of rotatable bonds is 3. The van der Waals surface area contributed by atoms with Gasteiger partial charge in [0.15, 0.2) is 0 Å². The maximum atomic E-state index is 11.3. The van der Waals surface area contributed by atoms with Crippen molar-refractivity contribution in [2.45, 2.75) is 19.3 Å². The van der Waals surface area contributed by atoms with Crippen molar-refractivity contribution >= 4 is 5.97 Å². The minimum Gasteiger partial charge on any atom is -0.465 e. The van der Waals surface area contributed by atoms with Crippen molar-refractivity contribution in [3.63, 3.8) is 0 Å². The fourth-order valence-corrected chi connectivity index (χ4v) is 1.34. The van der Waals surface area contributed by atoms with Gasteiger partial charge >= 0.3 is 5.97 Å². The Bertz CT molecular complexity index is 393. The van der Waals surface area contributed by atoms with Gasteiger partial charge in [-0.3, -0.25) is 0 Å². The van der Waals surface area contributed by atoms with Crippen LogP contribution in [-0.4, -0.2) is 13.1 Å². The lowest BCUT2D eigenvalue weighted by atomic mass is 9.97. The number of methoxy groups -OCH3 is 1. The van der Waals surface area contributed by atoms with Gasteiger partial charge in [0, 0.05) is 6.42 Å². The minimum atomic E-state index is -0.346. The highest BCUT2D eigenvalue weighted by molar-refractivity contribution is 5.89. The Kier molecular flexibility index (Phi) is 3.87. The lowest BCUT2D eigenvalue weighted by Gasteiger charge is -2.08. The number of esters is 1. The van der Waals surface area contributed by atoms with E-state index in [2.05, 4.69) is 10.8 Å². The van der Waals surface area contributed by atoms with Crippen LogP contribution in [0.15, 0.2) is 24.3 Å². The summed E-state index contributed by atoms with van der Waals surface area (Å²) < 4.78 is 4.63. The summed E-state index contributed by atoms with van der Waals surface area (Å²) >= 11 is 0. The van der Waals surface area contributed by atoms with E-state index in [1.807, 2.05) is 13.0 Å². The molecule has 0 fully saturated rings. The molecule has 1 rings (SSSR count). The van der Waals surface area contributed by atoms with Crippen LogP contribution in [0.5, 0.6) is 0 Å². The molecule has 3 heteroatoms. The van der Waals surface area contributed by atoms with Crippen molar-refractivity contribution in [1.29, 1.82) is 5.26 Å². The largest absolute Gasteiger partial charge is 0.465 e. The molecule has 3 nitrogen and oxygen atoms in total. The molecule has 78 valence electrons. The van der Waals surface area contributed by atoms with Crippen LogP contribution >= 0.6 is 0 Å². The fourth-order valence-electron chi connectivity index (χ4n) is 1.34. The molecule has 15 heavy (non-hydrogen) atoms. The summed E-state index contributed by atoms with van der Waals surface area (Å²) in [5.41, 5.74) is 1.51. The van der Waals surface area contributed by atoms with E-state index in [9.17, 15) is 4.79 Å². The summed E-state index contributed by atoms with van der Waals surface area (Å²) in [5.74, 6) is -0.208. The second-order valence-corrected chi connectivity index (χ2v) is 3.38. The Morgan fingerprint density at radius 1 is 1.60 bits per heavy atom. The number of ether oxygens (including phenoxy) is 1. The van der Waals surface area contributed by atoms with Crippen molar-refractivity contribution in [1.82, 2.24) is 0 Å². The zero-order valence-corrected chi connectivity index (χ0v) is 8.86. The summed E-state index contributed by atoms with van der Waals surface area (Å²) in [6, 6.07) is 9.30. The van der Waals surface area contributed by atoms with Gasteiger partial charge in [-0.2, -0.15) is 5.26 Å². The number of hydrogen-bond donors (Lipinski definition) is 0. The van der Waals surface area contributed by atoms with Crippen LogP contribution in [0.3, 0.4) is 0 Å².